The van der Waals surface area contributed by atoms with Crippen LogP contribution in [0.15, 0.2) is 24.3 Å². The van der Waals surface area contributed by atoms with E-state index in [-0.39, 0.29) is 5.84 Å². The number of benzene rings is 1. The molecule has 3 N–H and O–H groups in total. The van der Waals surface area contributed by atoms with E-state index in [0.717, 1.165) is 30.3 Å². The van der Waals surface area contributed by atoms with Gasteiger partial charge in [0, 0.05) is 18.7 Å². The third kappa shape index (κ3) is 4.85. The molecular formula is C16H25N3O. The number of hydrogen-bond donors (Lipinski definition) is 2. The normalized spacial score (nSPS) is 14.5. The van der Waals surface area contributed by atoms with Gasteiger partial charge in [0.25, 0.3) is 0 Å². The monoisotopic (exact) mass is 275 g/mol. The first-order valence-corrected chi connectivity index (χ1v) is 7.48. The summed E-state index contributed by atoms with van der Waals surface area (Å²) in [6, 6.07) is 7.40. The number of nitrogens with one attached hydrogen (secondary N) is 1. The molecule has 20 heavy (non-hydrogen) atoms. The number of ether oxygens (including phenoxy) is 1. The third-order valence-corrected chi connectivity index (χ3v) is 3.59. The van der Waals surface area contributed by atoms with Gasteiger partial charge in [-0.1, -0.05) is 6.92 Å². The average Bonchev–Trinajstić information content (AvgIpc) is 3.23. The van der Waals surface area contributed by atoms with E-state index < -0.39 is 0 Å². The Morgan fingerprint density at radius 3 is 2.55 bits per heavy atom. The van der Waals surface area contributed by atoms with Crippen LogP contribution in [0.3, 0.4) is 0 Å². The first-order chi connectivity index (χ1) is 9.69. The lowest BCUT2D eigenvalue weighted by Gasteiger charge is -2.21. The fraction of sp³-hybridized carbons (Fsp3) is 0.562. The van der Waals surface area contributed by atoms with Crippen LogP contribution < -0.4 is 10.5 Å². The van der Waals surface area contributed by atoms with Crippen molar-refractivity contribution < 1.29 is 4.74 Å². The molecule has 0 heterocycles. The van der Waals surface area contributed by atoms with Crippen LogP contribution in [0, 0.1) is 11.3 Å². The molecule has 1 aliphatic carbocycles. The van der Waals surface area contributed by atoms with Crippen molar-refractivity contribution in [2.24, 2.45) is 11.7 Å². The van der Waals surface area contributed by atoms with Gasteiger partial charge in [0.1, 0.15) is 18.2 Å². The zero-order valence-corrected chi connectivity index (χ0v) is 12.3. The van der Waals surface area contributed by atoms with Gasteiger partial charge in [-0.3, -0.25) is 10.3 Å². The van der Waals surface area contributed by atoms with E-state index in [4.69, 9.17) is 15.9 Å². The molecule has 0 spiro atoms. The second kappa shape index (κ2) is 7.29. The lowest BCUT2D eigenvalue weighted by atomic mass is 10.2. The standard InChI is InChI=1S/C16H25N3O/c1-2-9-19(12-13-3-4-13)10-11-20-15-7-5-14(6-8-15)16(17)18/h5-8,13H,2-4,9-12H2,1H3,(H3,17,18). The third-order valence-electron chi connectivity index (χ3n) is 3.59. The topological polar surface area (TPSA) is 62.3 Å². The van der Waals surface area contributed by atoms with Crippen molar-refractivity contribution >= 4 is 5.84 Å². The van der Waals surface area contributed by atoms with Gasteiger partial charge < -0.3 is 10.5 Å². The van der Waals surface area contributed by atoms with E-state index >= 15 is 0 Å². The zero-order valence-electron chi connectivity index (χ0n) is 12.3. The smallest absolute Gasteiger partial charge is 0.122 e. The van der Waals surface area contributed by atoms with Gasteiger partial charge in [0.2, 0.25) is 0 Å². The molecule has 0 aromatic heterocycles. The first kappa shape index (κ1) is 14.9. The molecule has 0 radical (unpaired) electrons. The van der Waals surface area contributed by atoms with Gasteiger partial charge in [0.05, 0.1) is 0 Å². The molecular weight excluding hydrogens is 250 g/mol. The van der Waals surface area contributed by atoms with E-state index in [9.17, 15) is 0 Å². The molecule has 4 nitrogen and oxygen atoms in total. The molecule has 0 aliphatic heterocycles. The summed E-state index contributed by atoms with van der Waals surface area (Å²) < 4.78 is 5.77. The summed E-state index contributed by atoms with van der Waals surface area (Å²) in [5.74, 6) is 1.87. The largest absolute Gasteiger partial charge is 0.492 e. The van der Waals surface area contributed by atoms with Crippen LogP contribution in [0.2, 0.25) is 0 Å². The maximum absolute atomic E-state index is 7.35. The van der Waals surface area contributed by atoms with E-state index in [1.165, 1.54) is 25.8 Å². The second-order valence-corrected chi connectivity index (χ2v) is 5.53. The molecule has 0 atom stereocenters. The summed E-state index contributed by atoms with van der Waals surface area (Å²) in [7, 11) is 0. The second-order valence-electron chi connectivity index (χ2n) is 5.53. The Morgan fingerprint density at radius 1 is 1.30 bits per heavy atom. The molecule has 4 heteroatoms. The minimum Gasteiger partial charge on any atom is -0.492 e. The Morgan fingerprint density at radius 2 is 2.00 bits per heavy atom. The highest BCUT2D eigenvalue weighted by molar-refractivity contribution is 5.94. The van der Waals surface area contributed by atoms with Crippen LogP contribution >= 0.6 is 0 Å². The van der Waals surface area contributed by atoms with E-state index in [2.05, 4.69) is 11.8 Å². The number of hydrogen-bond acceptors (Lipinski definition) is 3. The van der Waals surface area contributed by atoms with Crippen LogP contribution in [0.1, 0.15) is 31.7 Å². The number of nitrogens with two attached hydrogens (primary N) is 1. The Labute approximate surface area is 121 Å². The Bertz CT molecular complexity index is 426. The van der Waals surface area contributed by atoms with E-state index in [0.29, 0.717) is 6.61 Å². The predicted octanol–water partition coefficient (Wildman–Crippen LogP) is 2.47. The summed E-state index contributed by atoms with van der Waals surface area (Å²) in [4.78, 5) is 2.50. The summed E-state index contributed by atoms with van der Waals surface area (Å²) in [5.41, 5.74) is 6.16. The minimum atomic E-state index is 0.0927. The van der Waals surface area contributed by atoms with Crippen LogP contribution in [-0.4, -0.2) is 37.0 Å². The van der Waals surface area contributed by atoms with Gasteiger partial charge in [-0.25, -0.2) is 0 Å². The first-order valence-electron chi connectivity index (χ1n) is 7.48. The van der Waals surface area contributed by atoms with Crippen molar-refractivity contribution in [2.75, 3.05) is 26.2 Å². The number of nitrogens with zero attached hydrogens (tertiary/aromatic N) is 1. The van der Waals surface area contributed by atoms with Crippen molar-refractivity contribution in [1.29, 1.82) is 5.41 Å². The van der Waals surface area contributed by atoms with E-state index in [1.54, 1.807) is 0 Å². The number of nitrogen functional groups attached to an aromatic ring is 1. The highest BCUT2D eigenvalue weighted by atomic mass is 16.5. The van der Waals surface area contributed by atoms with Crippen LogP contribution in [0.25, 0.3) is 0 Å². The summed E-state index contributed by atoms with van der Waals surface area (Å²) in [5, 5.41) is 7.35. The molecule has 1 fully saturated rings. The fourth-order valence-electron chi connectivity index (χ4n) is 2.30. The molecule has 2 rings (SSSR count). The molecule has 1 aromatic carbocycles. The van der Waals surface area contributed by atoms with Gasteiger partial charge in [0.15, 0.2) is 0 Å². The summed E-state index contributed by atoms with van der Waals surface area (Å²) >= 11 is 0. The van der Waals surface area contributed by atoms with Gasteiger partial charge in [-0.2, -0.15) is 0 Å². The Kier molecular flexibility index (Phi) is 5.41. The van der Waals surface area contributed by atoms with Crippen molar-refractivity contribution in [3.8, 4) is 5.75 Å². The Balaban J connectivity index is 1.74. The quantitative estimate of drug-likeness (QED) is 0.537. The highest BCUT2D eigenvalue weighted by Gasteiger charge is 2.23. The predicted molar refractivity (Wildman–Crippen MR) is 82.4 cm³/mol. The van der Waals surface area contributed by atoms with Crippen LogP contribution in [0.5, 0.6) is 5.75 Å². The lowest BCUT2D eigenvalue weighted by molar-refractivity contribution is 0.203. The number of amidine groups is 1. The fourth-order valence-corrected chi connectivity index (χ4v) is 2.30. The maximum Gasteiger partial charge on any atom is 0.122 e. The maximum atomic E-state index is 7.35. The zero-order chi connectivity index (χ0) is 14.4. The van der Waals surface area contributed by atoms with Crippen molar-refractivity contribution in [1.82, 2.24) is 4.90 Å². The minimum absolute atomic E-state index is 0.0927. The average molecular weight is 275 g/mol. The van der Waals surface area contributed by atoms with Crippen LogP contribution in [-0.2, 0) is 0 Å². The SMILES string of the molecule is CCCN(CCOc1ccc(C(=N)N)cc1)CC1CC1. The van der Waals surface area contributed by atoms with Crippen molar-refractivity contribution in [3.63, 3.8) is 0 Å². The Hall–Kier alpha value is -1.55. The van der Waals surface area contributed by atoms with Crippen LogP contribution in [0.4, 0.5) is 0 Å². The lowest BCUT2D eigenvalue weighted by Crippen LogP contribution is -2.31. The molecule has 110 valence electrons. The summed E-state index contributed by atoms with van der Waals surface area (Å²) in [6.07, 6.45) is 3.99. The van der Waals surface area contributed by atoms with E-state index in [1.807, 2.05) is 24.3 Å². The molecule has 0 saturated heterocycles. The van der Waals surface area contributed by atoms with Gasteiger partial charge in [-0.05, 0) is 56.0 Å². The molecule has 0 bridgehead atoms. The molecule has 0 amide bonds. The molecule has 1 aliphatic rings. The van der Waals surface area contributed by atoms with Gasteiger partial charge in [-0.15, -0.1) is 0 Å². The molecule has 1 saturated carbocycles. The summed E-state index contributed by atoms with van der Waals surface area (Å²) in [6.45, 7) is 6.30. The van der Waals surface area contributed by atoms with Crippen molar-refractivity contribution in [2.45, 2.75) is 26.2 Å². The molecule has 0 unspecified atom stereocenters. The van der Waals surface area contributed by atoms with Gasteiger partial charge >= 0.3 is 0 Å². The number of rotatable bonds is 9. The molecule has 1 aromatic rings. The highest BCUT2D eigenvalue weighted by Crippen LogP contribution is 2.29. The van der Waals surface area contributed by atoms with Crippen molar-refractivity contribution in [3.05, 3.63) is 29.8 Å².